The predicted octanol–water partition coefficient (Wildman–Crippen LogP) is 2.44. The summed E-state index contributed by atoms with van der Waals surface area (Å²) < 4.78 is 2.31. The number of aromatic nitrogens is 2. The molecule has 0 amide bonds. The van der Waals surface area contributed by atoms with E-state index in [4.69, 9.17) is 0 Å². The average Bonchev–Trinajstić information content (AvgIpc) is 2.98. The first kappa shape index (κ1) is 12.1. The third kappa shape index (κ3) is 2.40. The molecule has 1 unspecified atom stereocenters. The Hall–Kier alpha value is -1.00. The van der Waals surface area contributed by atoms with Crippen LogP contribution >= 0.6 is 11.8 Å². The van der Waals surface area contributed by atoms with Crippen LogP contribution in [-0.2, 0) is 6.54 Å². The Kier molecular flexibility index (Phi) is 3.57. The van der Waals surface area contributed by atoms with Crippen molar-refractivity contribution in [3.63, 3.8) is 0 Å². The summed E-state index contributed by atoms with van der Waals surface area (Å²) in [5, 5.41) is 3.64. The molecule has 1 aromatic heterocycles. The summed E-state index contributed by atoms with van der Waals surface area (Å²) in [6, 6.07) is 9.08. The van der Waals surface area contributed by atoms with Crippen molar-refractivity contribution < 1.29 is 0 Å². The number of aryl methyl sites for hydroxylation is 1. The molecule has 18 heavy (non-hydrogen) atoms. The number of thioether (sulfide) groups is 1. The molecule has 1 aromatic carbocycles. The fourth-order valence-electron chi connectivity index (χ4n) is 2.55. The highest BCUT2D eigenvalue weighted by molar-refractivity contribution is 7.99. The Bertz CT molecular complexity index is 529. The van der Waals surface area contributed by atoms with Crippen LogP contribution < -0.4 is 5.32 Å². The van der Waals surface area contributed by atoms with E-state index in [2.05, 4.69) is 51.8 Å². The fraction of sp³-hybridized carbons (Fsp3) is 0.500. The number of hydrogen-bond donors (Lipinski definition) is 1. The highest BCUT2D eigenvalue weighted by Crippen LogP contribution is 2.17. The second-order valence-electron chi connectivity index (χ2n) is 4.81. The number of benzene rings is 1. The lowest BCUT2D eigenvalue weighted by Crippen LogP contribution is -2.31. The van der Waals surface area contributed by atoms with Crippen LogP contribution in [0.1, 0.15) is 12.2 Å². The van der Waals surface area contributed by atoms with Crippen molar-refractivity contribution in [3.8, 4) is 0 Å². The molecule has 0 bridgehead atoms. The van der Waals surface area contributed by atoms with Gasteiger partial charge in [-0.15, -0.1) is 0 Å². The SMILES string of the molecule is Cc1nc2ccccc2n1CCNC1CCSC1. The minimum absolute atomic E-state index is 0.713. The van der Waals surface area contributed by atoms with Gasteiger partial charge in [-0.3, -0.25) is 0 Å². The molecule has 1 atom stereocenters. The molecule has 3 rings (SSSR count). The summed E-state index contributed by atoms with van der Waals surface area (Å²) in [6.45, 7) is 4.13. The quantitative estimate of drug-likeness (QED) is 0.917. The predicted molar refractivity (Wildman–Crippen MR) is 78.2 cm³/mol. The monoisotopic (exact) mass is 261 g/mol. The standard InChI is InChI=1S/C14H19N3S/c1-11-16-13-4-2-3-5-14(13)17(11)8-7-15-12-6-9-18-10-12/h2-5,12,15H,6-10H2,1H3. The molecule has 2 heterocycles. The molecule has 2 aromatic rings. The number of nitrogens with zero attached hydrogens (tertiary/aromatic N) is 2. The molecule has 3 nitrogen and oxygen atoms in total. The second kappa shape index (κ2) is 5.33. The summed E-state index contributed by atoms with van der Waals surface area (Å²) >= 11 is 2.05. The Labute approximate surface area is 112 Å². The van der Waals surface area contributed by atoms with Gasteiger partial charge in [-0.05, 0) is 31.2 Å². The van der Waals surface area contributed by atoms with E-state index in [0.717, 1.165) is 24.4 Å². The molecular formula is C14H19N3S. The van der Waals surface area contributed by atoms with E-state index in [-0.39, 0.29) is 0 Å². The molecule has 1 N–H and O–H groups in total. The van der Waals surface area contributed by atoms with Crippen molar-refractivity contribution in [3.05, 3.63) is 30.1 Å². The van der Waals surface area contributed by atoms with E-state index in [1.807, 2.05) is 6.07 Å². The van der Waals surface area contributed by atoms with Crippen LogP contribution in [0.4, 0.5) is 0 Å². The number of fused-ring (bicyclic) bond motifs is 1. The highest BCUT2D eigenvalue weighted by atomic mass is 32.2. The second-order valence-corrected chi connectivity index (χ2v) is 5.96. The van der Waals surface area contributed by atoms with Crippen LogP contribution in [0, 0.1) is 6.92 Å². The van der Waals surface area contributed by atoms with E-state index in [0.29, 0.717) is 6.04 Å². The van der Waals surface area contributed by atoms with E-state index < -0.39 is 0 Å². The smallest absolute Gasteiger partial charge is 0.106 e. The Morgan fingerprint density at radius 2 is 2.33 bits per heavy atom. The van der Waals surface area contributed by atoms with E-state index in [9.17, 15) is 0 Å². The molecule has 0 saturated carbocycles. The third-order valence-corrected chi connectivity index (χ3v) is 4.71. The van der Waals surface area contributed by atoms with Crippen LogP contribution in [0.25, 0.3) is 11.0 Å². The Morgan fingerprint density at radius 1 is 1.44 bits per heavy atom. The first-order chi connectivity index (χ1) is 8.84. The summed E-state index contributed by atoms with van der Waals surface area (Å²) in [7, 11) is 0. The third-order valence-electron chi connectivity index (χ3n) is 3.54. The van der Waals surface area contributed by atoms with Gasteiger partial charge < -0.3 is 9.88 Å². The molecule has 1 fully saturated rings. The zero-order chi connectivity index (χ0) is 12.4. The van der Waals surface area contributed by atoms with Gasteiger partial charge in [0, 0.05) is 24.9 Å². The molecule has 1 aliphatic heterocycles. The highest BCUT2D eigenvalue weighted by Gasteiger charge is 2.14. The molecule has 0 aliphatic carbocycles. The first-order valence-electron chi connectivity index (χ1n) is 6.57. The summed E-state index contributed by atoms with van der Waals surface area (Å²) in [6.07, 6.45) is 1.31. The van der Waals surface area contributed by atoms with Crippen LogP contribution in [0.15, 0.2) is 24.3 Å². The number of nitrogens with one attached hydrogen (secondary N) is 1. The molecule has 0 spiro atoms. The van der Waals surface area contributed by atoms with Gasteiger partial charge in [0.1, 0.15) is 5.82 Å². The van der Waals surface area contributed by atoms with Crippen LogP contribution in [0.2, 0.25) is 0 Å². The van der Waals surface area contributed by atoms with Crippen molar-refractivity contribution in [2.24, 2.45) is 0 Å². The molecular weight excluding hydrogens is 242 g/mol. The van der Waals surface area contributed by atoms with Gasteiger partial charge in [-0.25, -0.2) is 4.98 Å². The molecule has 4 heteroatoms. The van der Waals surface area contributed by atoms with Gasteiger partial charge in [0.15, 0.2) is 0 Å². The lowest BCUT2D eigenvalue weighted by atomic mass is 10.2. The zero-order valence-corrected chi connectivity index (χ0v) is 11.5. The topological polar surface area (TPSA) is 29.9 Å². The van der Waals surface area contributed by atoms with Gasteiger partial charge in [-0.2, -0.15) is 11.8 Å². The minimum atomic E-state index is 0.713. The maximum atomic E-state index is 4.59. The van der Waals surface area contributed by atoms with Crippen LogP contribution in [0.5, 0.6) is 0 Å². The molecule has 1 aliphatic rings. The Balaban J connectivity index is 1.68. The van der Waals surface area contributed by atoms with E-state index >= 15 is 0 Å². The van der Waals surface area contributed by atoms with Crippen molar-refractivity contribution in [2.75, 3.05) is 18.1 Å². The summed E-state index contributed by atoms with van der Waals surface area (Å²) in [4.78, 5) is 4.59. The minimum Gasteiger partial charge on any atom is -0.327 e. The normalized spacial score (nSPS) is 19.7. The summed E-state index contributed by atoms with van der Waals surface area (Å²) in [5.41, 5.74) is 2.35. The largest absolute Gasteiger partial charge is 0.327 e. The maximum absolute atomic E-state index is 4.59. The van der Waals surface area contributed by atoms with Gasteiger partial charge in [-0.1, -0.05) is 12.1 Å². The number of hydrogen-bond acceptors (Lipinski definition) is 3. The molecule has 1 saturated heterocycles. The van der Waals surface area contributed by atoms with E-state index in [1.54, 1.807) is 0 Å². The number of para-hydroxylation sites is 2. The maximum Gasteiger partial charge on any atom is 0.106 e. The molecule has 96 valence electrons. The fourth-order valence-corrected chi connectivity index (χ4v) is 3.74. The lowest BCUT2D eigenvalue weighted by Gasteiger charge is -2.12. The lowest BCUT2D eigenvalue weighted by molar-refractivity contribution is 0.522. The van der Waals surface area contributed by atoms with Gasteiger partial charge >= 0.3 is 0 Å². The van der Waals surface area contributed by atoms with Crippen LogP contribution in [0.3, 0.4) is 0 Å². The average molecular weight is 261 g/mol. The number of imidazole rings is 1. The van der Waals surface area contributed by atoms with E-state index in [1.165, 1.54) is 23.4 Å². The van der Waals surface area contributed by atoms with Gasteiger partial charge in [0.2, 0.25) is 0 Å². The Morgan fingerprint density at radius 3 is 3.17 bits per heavy atom. The van der Waals surface area contributed by atoms with Crippen molar-refractivity contribution in [1.82, 2.24) is 14.9 Å². The molecule has 0 radical (unpaired) electrons. The van der Waals surface area contributed by atoms with Crippen molar-refractivity contribution >= 4 is 22.8 Å². The van der Waals surface area contributed by atoms with Crippen LogP contribution in [-0.4, -0.2) is 33.6 Å². The summed E-state index contributed by atoms with van der Waals surface area (Å²) in [5.74, 6) is 3.69. The van der Waals surface area contributed by atoms with Crippen molar-refractivity contribution in [1.29, 1.82) is 0 Å². The first-order valence-corrected chi connectivity index (χ1v) is 7.73. The number of rotatable bonds is 4. The van der Waals surface area contributed by atoms with Gasteiger partial charge in [0.05, 0.1) is 11.0 Å². The van der Waals surface area contributed by atoms with Crippen molar-refractivity contribution in [2.45, 2.75) is 25.9 Å². The van der Waals surface area contributed by atoms with Gasteiger partial charge in [0.25, 0.3) is 0 Å². The zero-order valence-electron chi connectivity index (χ0n) is 10.7.